The van der Waals surface area contributed by atoms with E-state index in [1.54, 1.807) is 12.1 Å². The van der Waals surface area contributed by atoms with E-state index in [-0.39, 0.29) is 11.7 Å². The number of hydrogen-bond acceptors (Lipinski definition) is 4. The van der Waals surface area contributed by atoms with Crippen LogP contribution in [0.15, 0.2) is 48.5 Å². The molecule has 5 heteroatoms. The molecule has 0 aromatic heterocycles. The van der Waals surface area contributed by atoms with E-state index in [0.29, 0.717) is 17.7 Å². The second-order valence-corrected chi connectivity index (χ2v) is 7.07. The fraction of sp³-hybridized carbons (Fsp3) is 0.417. The normalized spacial score (nSPS) is 10.6. The number of hydrogen-bond donors (Lipinski definition) is 0. The van der Waals surface area contributed by atoms with Crippen molar-refractivity contribution in [1.82, 2.24) is 0 Å². The van der Waals surface area contributed by atoms with E-state index >= 15 is 0 Å². The standard InChI is InChI=1S/C24H29FO4/c1-2-3-4-5-6-7-8-9-10-23(26)28-21-15-11-19(12-16-21)24(27)29-22-17-13-20(25)14-18-22/h11-18H,2-10H2,1H3. The van der Waals surface area contributed by atoms with E-state index in [1.807, 2.05) is 0 Å². The Morgan fingerprint density at radius 3 is 1.86 bits per heavy atom. The highest BCUT2D eigenvalue weighted by atomic mass is 19.1. The number of unbranched alkanes of at least 4 members (excludes halogenated alkanes) is 7. The van der Waals surface area contributed by atoms with Gasteiger partial charge in [-0.1, -0.05) is 51.9 Å². The molecule has 0 N–H and O–H groups in total. The Morgan fingerprint density at radius 2 is 1.24 bits per heavy atom. The lowest BCUT2D eigenvalue weighted by Crippen LogP contribution is -2.10. The van der Waals surface area contributed by atoms with Crippen molar-refractivity contribution in [3.63, 3.8) is 0 Å². The van der Waals surface area contributed by atoms with Crippen LogP contribution in [0.4, 0.5) is 4.39 Å². The number of carbonyl (C=O) groups is 2. The molecule has 0 aliphatic rings. The predicted molar refractivity (Wildman–Crippen MR) is 111 cm³/mol. The van der Waals surface area contributed by atoms with Gasteiger partial charge >= 0.3 is 11.9 Å². The zero-order chi connectivity index (χ0) is 20.9. The molecule has 2 aromatic carbocycles. The zero-order valence-electron chi connectivity index (χ0n) is 17.0. The molecule has 29 heavy (non-hydrogen) atoms. The largest absolute Gasteiger partial charge is 0.427 e. The first kappa shape index (κ1) is 22.6. The van der Waals surface area contributed by atoms with Crippen molar-refractivity contribution in [3.8, 4) is 11.5 Å². The first-order valence-corrected chi connectivity index (χ1v) is 10.4. The van der Waals surface area contributed by atoms with Gasteiger partial charge in [-0.05, 0) is 55.0 Å². The van der Waals surface area contributed by atoms with Crippen LogP contribution in [0.25, 0.3) is 0 Å². The van der Waals surface area contributed by atoms with Gasteiger partial charge in [-0.15, -0.1) is 0 Å². The van der Waals surface area contributed by atoms with Crippen molar-refractivity contribution in [2.45, 2.75) is 64.7 Å². The third-order valence-corrected chi connectivity index (χ3v) is 4.58. The minimum absolute atomic E-state index is 0.261. The number of ether oxygens (including phenoxy) is 2. The summed E-state index contributed by atoms with van der Waals surface area (Å²) in [5, 5.41) is 0. The average Bonchev–Trinajstić information content (AvgIpc) is 2.72. The highest BCUT2D eigenvalue weighted by Crippen LogP contribution is 2.17. The summed E-state index contributed by atoms with van der Waals surface area (Å²) in [6.07, 6.45) is 9.76. The quantitative estimate of drug-likeness (QED) is 0.232. The smallest absolute Gasteiger partial charge is 0.343 e. The SMILES string of the molecule is CCCCCCCCCCC(=O)Oc1ccc(C(=O)Oc2ccc(F)cc2)cc1. The Balaban J connectivity index is 1.68. The predicted octanol–water partition coefficient (Wildman–Crippen LogP) is 6.48. The second-order valence-electron chi connectivity index (χ2n) is 7.07. The summed E-state index contributed by atoms with van der Waals surface area (Å²) in [6, 6.07) is 11.4. The molecule has 0 bridgehead atoms. The molecule has 0 heterocycles. The van der Waals surface area contributed by atoms with E-state index in [4.69, 9.17) is 9.47 Å². The minimum Gasteiger partial charge on any atom is -0.427 e. The van der Waals surface area contributed by atoms with Crippen LogP contribution in [0.2, 0.25) is 0 Å². The molecule has 0 aliphatic carbocycles. The number of benzene rings is 2. The van der Waals surface area contributed by atoms with E-state index in [0.717, 1.165) is 19.3 Å². The van der Waals surface area contributed by atoms with Gasteiger partial charge in [-0.2, -0.15) is 0 Å². The summed E-state index contributed by atoms with van der Waals surface area (Å²) in [7, 11) is 0. The molecule has 0 amide bonds. The maximum atomic E-state index is 12.9. The lowest BCUT2D eigenvalue weighted by Gasteiger charge is -2.07. The van der Waals surface area contributed by atoms with Crippen molar-refractivity contribution in [3.05, 3.63) is 59.9 Å². The Kier molecular flexibility index (Phi) is 9.90. The Labute approximate surface area is 172 Å². The molecule has 156 valence electrons. The number of esters is 2. The van der Waals surface area contributed by atoms with Gasteiger partial charge in [-0.25, -0.2) is 9.18 Å². The van der Waals surface area contributed by atoms with Crippen molar-refractivity contribution in [2.24, 2.45) is 0 Å². The van der Waals surface area contributed by atoms with Crippen molar-refractivity contribution in [2.75, 3.05) is 0 Å². The molecule has 0 spiro atoms. The van der Waals surface area contributed by atoms with E-state index in [2.05, 4.69) is 6.92 Å². The number of halogens is 1. The average molecular weight is 400 g/mol. The third kappa shape index (κ3) is 8.90. The Bertz CT molecular complexity index is 753. The number of rotatable bonds is 12. The zero-order valence-corrected chi connectivity index (χ0v) is 17.0. The Hall–Kier alpha value is -2.69. The van der Waals surface area contributed by atoms with Crippen LogP contribution in [0.1, 0.15) is 75.1 Å². The van der Waals surface area contributed by atoms with Gasteiger partial charge in [0.25, 0.3) is 0 Å². The van der Waals surface area contributed by atoms with Crippen molar-refractivity contribution < 1.29 is 23.5 Å². The van der Waals surface area contributed by atoms with Crippen LogP contribution in [0, 0.1) is 5.82 Å². The van der Waals surface area contributed by atoms with Crippen LogP contribution >= 0.6 is 0 Å². The summed E-state index contributed by atoms with van der Waals surface area (Å²) < 4.78 is 23.4. The second kappa shape index (κ2) is 12.7. The maximum Gasteiger partial charge on any atom is 0.343 e. The fourth-order valence-electron chi connectivity index (χ4n) is 2.91. The summed E-state index contributed by atoms with van der Waals surface area (Å²) >= 11 is 0. The molecular weight excluding hydrogens is 371 g/mol. The van der Waals surface area contributed by atoms with Crippen LogP contribution in [-0.2, 0) is 4.79 Å². The molecule has 0 saturated heterocycles. The van der Waals surface area contributed by atoms with Crippen LogP contribution < -0.4 is 9.47 Å². The molecule has 0 radical (unpaired) electrons. The van der Waals surface area contributed by atoms with E-state index < -0.39 is 11.8 Å². The van der Waals surface area contributed by atoms with Gasteiger partial charge in [0, 0.05) is 6.42 Å². The Morgan fingerprint density at radius 1 is 0.724 bits per heavy atom. The van der Waals surface area contributed by atoms with Gasteiger partial charge in [0.1, 0.15) is 17.3 Å². The topological polar surface area (TPSA) is 52.6 Å². The minimum atomic E-state index is -0.562. The molecule has 0 fully saturated rings. The molecule has 2 aromatic rings. The highest BCUT2D eigenvalue weighted by Gasteiger charge is 2.10. The summed E-state index contributed by atoms with van der Waals surface area (Å²) in [5.41, 5.74) is 0.317. The summed E-state index contributed by atoms with van der Waals surface area (Å²) in [5.74, 6) is -0.570. The monoisotopic (exact) mass is 400 g/mol. The van der Waals surface area contributed by atoms with E-state index in [1.165, 1.54) is 68.5 Å². The van der Waals surface area contributed by atoms with Gasteiger partial charge in [-0.3, -0.25) is 4.79 Å². The first-order chi connectivity index (χ1) is 14.1. The summed E-state index contributed by atoms with van der Waals surface area (Å²) in [4.78, 5) is 24.0. The van der Waals surface area contributed by atoms with Crippen molar-refractivity contribution in [1.29, 1.82) is 0 Å². The molecule has 0 aliphatic heterocycles. The first-order valence-electron chi connectivity index (χ1n) is 10.4. The van der Waals surface area contributed by atoms with Crippen LogP contribution in [0.3, 0.4) is 0 Å². The highest BCUT2D eigenvalue weighted by molar-refractivity contribution is 5.91. The van der Waals surface area contributed by atoms with Crippen LogP contribution in [-0.4, -0.2) is 11.9 Å². The summed E-state index contributed by atoms with van der Waals surface area (Å²) in [6.45, 7) is 2.21. The van der Waals surface area contributed by atoms with Gasteiger partial charge in [0.05, 0.1) is 5.56 Å². The lowest BCUT2D eigenvalue weighted by atomic mass is 10.1. The third-order valence-electron chi connectivity index (χ3n) is 4.58. The molecule has 0 saturated carbocycles. The molecule has 4 nitrogen and oxygen atoms in total. The van der Waals surface area contributed by atoms with Gasteiger partial charge in [0.15, 0.2) is 0 Å². The molecule has 2 rings (SSSR count). The fourth-order valence-corrected chi connectivity index (χ4v) is 2.91. The van der Waals surface area contributed by atoms with Gasteiger partial charge in [0.2, 0.25) is 0 Å². The number of carbonyl (C=O) groups excluding carboxylic acids is 2. The molecular formula is C24H29FO4. The maximum absolute atomic E-state index is 12.9. The van der Waals surface area contributed by atoms with E-state index in [9.17, 15) is 14.0 Å². The van der Waals surface area contributed by atoms with Gasteiger partial charge < -0.3 is 9.47 Å². The lowest BCUT2D eigenvalue weighted by molar-refractivity contribution is -0.134. The van der Waals surface area contributed by atoms with Crippen LogP contribution in [0.5, 0.6) is 11.5 Å². The molecule has 0 unspecified atom stereocenters. The van der Waals surface area contributed by atoms with Crippen molar-refractivity contribution >= 4 is 11.9 Å². The molecule has 0 atom stereocenters.